The lowest BCUT2D eigenvalue weighted by atomic mass is 9.91. The van der Waals surface area contributed by atoms with Crippen LogP contribution in [0.4, 0.5) is 4.39 Å². The molecule has 0 aromatic heterocycles. The molecular weight excluding hydrogens is 239 g/mol. The zero-order valence-electron chi connectivity index (χ0n) is 11.1. The van der Waals surface area contributed by atoms with Gasteiger partial charge < -0.3 is 5.11 Å². The number of aliphatic hydroxyl groups is 1. The first-order valence-electron chi connectivity index (χ1n) is 6.67. The normalized spacial score (nSPS) is 12.4. The number of halogens is 1. The molecule has 2 heteroatoms. The number of rotatable bonds is 5. The van der Waals surface area contributed by atoms with E-state index in [-0.39, 0.29) is 18.3 Å². The minimum atomic E-state index is -0.203. The van der Waals surface area contributed by atoms with Crippen LogP contribution in [0.1, 0.15) is 29.5 Å². The highest BCUT2D eigenvalue weighted by atomic mass is 19.1. The highest BCUT2D eigenvalue weighted by Gasteiger charge is 2.13. The summed E-state index contributed by atoms with van der Waals surface area (Å²) < 4.78 is 13.6. The molecule has 0 amide bonds. The first-order chi connectivity index (χ1) is 9.24. The topological polar surface area (TPSA) is 20.2 Å². The molecule has 0 aliphatic carbocycles. The summed E-state index contributed by atoms with van der Waals surface area (Å²) in [7, 11) is 0. The quantitative estimate of drug-likeness (QED) is 0.867. The Balaban J connectivity index is 2.17. The van der Waals surface area contributed by atoms with Crippen LogP contribution in [0.2, 0.25) is 0 Å². The van der Waals surface area contributed by atoms with Gasteiger partial charge in [-0.2, -0.15) is 0 Å². The Labute approximate surface area is 113 Å². The first-order valence-corrected chi connectivity index (χ1v) is 6.67. The van der Waals surface area contributed by atoms with Gasteiger partial charge in [-0.3, -0.25) is 0 Å². The number of aryl methyl sites for hydroxylation is 1. The standard InChI is InChI=1S/C17H19FO/c1-2-13-7-9-14(10-8-13)16(12-19)11-15-5-3-4-6-17(15)18/h3-10,16,19H,2,11-12H2,1H3. The smallest absolute Gasteiger partial charge is 0.126 e. The van der Waals surface area contributed by atoms with Gasteiger partial charge >= 0.3 is 0 Å². The lowest BCUT2D eigenvalue weighted by molar-refractivity contribution is 0.263. The molecule has 0 aliphatic heterocycles. The van der Waals surface area contributed by atoms with E-state index in [1.807, 2.05) is 18.2 Å². The van der Waals surface area contributed by atoms with Crippen molar-refractivity contribution in [3.05, 3.63) is 71.0 Å². The van der Waals surface area contributed by atoms with Gasteiger partial charge in [0.15, 0.2) is 0 Å². The van der Waals surface area contributed by atoms with E-state index in [4.69, 9.17) is 0 Å². The summed E-state index contributed by atoms with van der Waals surface area (Å²) >= 11 is 0. The van der Waals surface area contributed by atoms with Crippen molar-refractivity contribution in [2.24, 2.45) is 0 Å². The van der Waals surface area contributed by atoms with E-state index in [2.05, 4.69) is 19.1 Å². The fourth-order valence-corrected chi connectivity index (χ4v) is 2.24. The number of hydrogen-bond acceptors (Lipinski definition) is 1. The van der Waals surface area contributed by atoms with E-state index in [0.717, 1.165) is 12.0 Å². The van der Waals surface area contributed by atoms with Crippen molar-refractivity contribution in [1.29, 1.82) is 0 Å². The fraction of sp³-hybridized carbons (Fsp3) is 0.294. The van der Waals surface area contributed by atoms with Gasteiger partial charge in [-0.25, -0.2) is 4.39 Å². The Kier molecular flexibility index (Phi) is 4.69. The second-order valence-corrected chi connectivity index (χ2v) is 4.77. The molecule has 0 radical (unpaired) electrons. The molecule has 100 valence electrons. The number of benzene rings is 2. The summed E-state index contributed by atoms with van der Waals surface area (Å²) in [5, 5.41) is 9.54. The van der Waals surface area contributed by atoms with Crippen molar-refractivity contribution in [3.8, 4) is 0 Å². The van der Waals surface area contributed by atoms with Crippen LogP contribution in [0.15, 0.2) is 48.5 Å². The minimum absolute atomic E-state index is 0.0276. The van der Waals surface area contributed by atoms with E-state index in [1.165, 1.54) is 11.6 Å². The SMILES string of the molecule is CCc1ccc(C(CO)Cc2ccccc2F)cc1. The van der Waals surface area contributed by atoms with Gasteiger partial charge in [0.2, 0.25) is 0 Å². The predicted molar refractivity (Wildman–Crippen MR) is 75.8 cm³/mol. The second-order valence-electron chi connectivity index (χ2n) is 4.77. The van der Waals surface area contributed by atoms with E-state index >= 15 is 0 Å². The molecule has 0 saturated carbocycles. The van der Waals surface area contributed by atoms with Gasteiger partial charge in [0.1, 0.15) is 5.82 Å². The summed E-state index contributed by atoms with van der Waals surface area (Å²) in [5.41, 5.74) is 2.98. The Morgan fingerprint density at radius 2 is 1.74 bits per heavy atom. The van der Waals surface area contributed by atoms with Crippen molar-refractivity contribution in [3.63, 3.8) is 0 Å². The van der Waals surface area contributed by atoms with Crippen LogP contribution in [0.3, 0.4) is 0 Å². The van der Waals surface area contributed by atoms with E-state index in [0.29, 0.717) is 12.0 Å². The van der Waals surface area contributed by atoms with Gasteiger partial charge in [-0.05, 0) is 35.6 Å². The van der Waals surface area contributed by atoms with E-state index in [1.54, 1.807) is 12.1 Å². The molecule has 1 nitrogen and oxygen atoms in total. The lowest BCUT2D eigenvalue weighted by Gasteiger charge is -2.15. The van der Waals surface area contributed by atoms with Crippen molar-refractivity contribution in [2.45, 2.75) is 25.7 Å². The lowest BCUT2D eigenvalue weighted by Crippen LogP contribution is -2.09. The zero-order valence-corrected chi connectivity index (χ0v) is 11.1. The molecule has 19 heavy (non-hydrogen) atoms. The van der Waals surface area contributed by atoms with Crippen molar-refractivity contribution >= 4 is 0 Å². The summed E-state index contributed by atoms with van der Waals surface area (Å²) in [6.07, 6.45) is 1.52. The minimum Gasteiger partial charge on any atom is -0.396 e. The molecule has 2 rings (SSSR count). The zero-order chi connectivity index (χ0) is 13.7. The second kappa shape index (κ2) is 6.48. The molecular formula is C17H19FO. The summed E-state index contributed by atoms with van der Waals surface area (Å²) in [6, 6.07) is 14.9. The van der Waals surface area contributed by atoms with Gasteiger partial charge in [0.05, 0.1) is 6.61 Å². The van der Waals surface area contributed by atoms with Crippen LogP contribution in [0, 0.1) is 5.82 Å². The Morgan fingerprint density at radius 3 is 2.32 bits per heavy atom. The summed E-state index contributed by atoms with van der Waals surface area (Å²) in [6.45, 7) is 2.14. The molecule has 0 bridgehead atoms. The predicted octanol–water partition coefficient (Wildman–Crippen LogP) is 3.71. The van der Waals surface area contributed by atoms with Crippen LogP contribution < -0.4 is 0 Å². The van der Waals surface area contributed by atoms with E-state index in [9.17, 15) is 9.50 Å². The highest BCUT2D eigenvalue weighted by Crippen LogP contribution is 2.22. The molecule has 2 aromatic rings. The van der Waals surface area contributed by atoms with Crippen LogP contribution in [0.25, 0.3) is 0 Å². The maximum Gasteiger partial charge on any atom is 0.126 e. The molecule has 0 saturated heterocycles. The molecule has 0 heterocycles. The van der Waals surface area contributed by atoms with Crippen LogP contribution in [0.5, 0.6) is 0 Å². The van der Waals surface area contributed by atoms with Crippen LogP contribution in [-0.2, 0) is 12.8 Å². The van der Waals surface area contributed by atoms with Gasteiger partial charge in [0, 0.05) is 5.92 Å². The average Bonchev–Trinajstić information content (AvgIpc) is 2.47. The van der Waals surface area contributed by atoms with Crippen molar-refractivity contribution < 1.29 is 9.50 Å². The number of hydrogen-bond donors (Lipinski definition) is 1. The Bertz CT molecular complexity index is 519. The highest BCUT2D eigenvalue weighted by molar-refractivity contribution is 5.28. The monoisotopic (exact) mass is 258 g/mol. The van der Waals surface area contributed by atoms with E-state index < -0.39 is 0 Å². The third-order valence-electron chi connectivity index (χ3n) is 3.50. The molecule has 0 aliphatic rings. The van der Waals surface area contributed by atoms with Crippen molar-refractivity contribution in [1.82, 2.24) is 0 Å². The molecule has 2 aromatic carbocycles. The van der Waals surface area contributed by atoms with Gasteiger partial charge in [-0.15, -0.1) is 0 Å². The third-order valence-corrected chi connectivity index (χ3v) is 3.50. The van der Waals surface area contributed by atoms with Gasteiger partial charge in [0.25, 0.3) is 0 Å². The summed E-state index contributed by atoms with van der Waals surface area (Å²) in [5.74, 6) is -0.256. The molecule has 0 spiro atoms. The molecule has 0 fully saturated rings. The first kappa shape index (κ1) is 13.8. The number of aliphatic hydroxyl groups excluding tert-OH is 1. The third kappa shape index (κ3) is 3.42. The Morgan fingerprint density at radius 1 is 1.05 bits per heavy atom. The molecule has 1 N–H and O–H groups in total. The molecule has 1 unspecified atom stereocenters. The maximum atomic E-state index is 13.6. The maximum absolute atomic E-state index is 13.6. The fourth-order valence-electron chi connectivity index (χ4n) is 2.24. The van der Waals surface area contributed by atoms with Crippen LogP contribution >= 0.6 is 0 Å². The van der Waals surface area contributed by atoms with Crippen LogP contribution in [-0.4, -0.2) is 11.7 Å². The molecule has 1 atom stereocenters. The van der Waals surface area contributed by atoms with Crippen molar-refractivity contribution in [2.75, 3.05) is 6.61 Å². The summed E-state index contributed by atoms with van der Waals surface area (Å²) in [4.78, 5) is 0. The average molecular weight is 258 g/mol. The largest absolute Gasteiger partial charge is 0.396 e. The Hall–Kier alpha value is -1.67. The van der Waals surface area contributed by atoms with Gasteiger partial charge in [-0.1, -0.05) is 49.4 Å².